The van der Waals surface area contributed by atoms with Gasteiger partial charge in [-0.1, -0.05) is 30.3 Å². The maximum absolute atomic E-state index is 10.8. The van der Waals surface area contributed by atoms with Gasteiger partial charge in [-0.25, -0.2) is 0 Å². The van der Waals surface area contributed by atoms with Crippen LogP contribution in [-0.4, -0.2) is 33.0 Å². The van der Waals surface area contributed by atoms with Crippen molar-refractivity contribution >= 4 is 10.1 Å². The van der Waals surface area contributed by atoms with Gasteiger partial charge in [-0.3, -0.25) is 4.18 Å². The molecule has 0 fully saturated rings. The predicted octanol–water partition coefficient (Wildman–Crippen LogP) is 0.814. The summed E-state index contributed by atoms with van der Waals surface area (Å²) >= 11 is 0. The van der Waals surface area contributed by atoms with E-state index in [1.807, 2.05) is 30.3 Å². The largest absolute Gasteiger partial charge is 0.396 e. The molecule has 0 saturated carbocycles. The molecule has 1 aromatic rings. The average Bonchev–Trinajstić information content (AvgIpc) is 2.24. The summed E-state index contributed by atoms with van der Waals surface area (Å²) in [5, 5.41) is 9.11. The quantitative estimate of drug-likeness (QED) is 0.752. The van der Waals surface area contributed by atoms with Crippen molar-refractivity contribution in [2.75, 3.05) is 19.5 Å². The highest BCUT2D eigenvalue weighted by Crippen LogP contribution is 2.09. The van der Waals surface area contributed by atoms with Crippen LogP contribution in [0.3, 0.4) is 0 Å². The van der Waals surface area contributed by atoms with E-state index in [0.29, 0.717) is 6.42 Å². The predicted molar refractivity (Wildman–Crippen MR) is 61.5 cm³/mol. The van der Waals surface area contributed by atoms with E-state index in [2.05, 4.69) is 4.18 Å². The van der Waals surface area contributed by atoms with Gasteiger partial charge < -0.3 is 5.11 Å². The van der Waals surface area contributed by atoms with Gasteiger partial charge in [0.1, 0.15) is 0 Å². The molecule has 4 nitrogen and oxygen atoms in total. The molecule has 0 radical (unpaired) electrons. The minimum absolute atomic E-state index is 0.0181. The van der Waals surface area contributed by atoms with Gasteiger partial charge in [0.2, 0.25) is 0 Å². The number of rotatable bonds is 6. The van der Waals surface area contributed by atoms with Crippen LogP contribution in [0, 0.1) is 5.92 Å². The first kappa shape index (κ1) is 13.2. The molecule has 1 aromatic carbocycles. The van der Waals surface area contributed by atoms with Crippen LogP contribution < -0.4 is 0 Å². The first-order chi connectivity index (χ1) is 7.51. The normalized spacial score (nSPS) is 13.6. The number of aliphatic hydroxyl groups excluding tert-OH is 1. The molecule has 1 N–H and O–H groups in total. The fourth-order valence-corrected chi connectivity index (χ4v) is 1.78. The Labute approximate surface area is 96.0 Å². The van der Waals surface area contributed by atoms with E-state index in [0.717, 1.165) is 11.8 Å². The molecule has 0 aliphatic rings. The smallest absolute Gasteiger partial charge is 0.264 e. The molecule has 0 spiro atoms. The number of benzene rings is 1. The Bertz CT molecular complexity index is 399. The molecule has 1 rings (SSSR count). The summed E-state index contributed by atoms with van der Waals surface area (Å²) in [4.78, 5) is 0. The van der Waals surface area contributed by atoms with E-state index in [9.17, 15) is 8.42 Å². The Balaban J connectivity index is 2.50. The van der Waals surface area contributed by atoms with Crippen molar-refractivity contribution in [2.45, 2.75) is 6.42 Å². The van der Waals surface area contributed by atoms with Crippen LogP contribution in [0.25, 0.3) is 0 Å². The molecule has 90 valence electrons. The number of hydrogen-bond acceptors (Lipinski definition) is 4. The van der Waals surface area contributed by atoms with Gasteiger partial charge in [-0.2, -0.15) is 8.42 Å². The molecule has 0 heterocycles. The maximum atomic E-state index is 10.8. The summed E-state index contributed by atoms with van der Waals surface area (Å²) in [7, 11) is -3.43. The first-order valence-electron chi connectivity index (χ1n) is 5.00. The minimum atomic E-state index is -3.43. The van der Waals surface area contributed by atoms with E-state index >= 15 is 0 Å². The molecule has 0 bridgehead atoms. The minimum Gasteiger partial charge on any atom is -0.396 e. The van der Waals surface area contributed by atoms with Crippen LogP contribution in [0.5, 0.6) is 0 Å². The Hall–Kier alpha value is -0.910. The van der Waals surface area contributed by atoms with Crippen molar-refractivity contribution in [2.24, 2.45) is 5.92 Å². The van der Waals surface area contributed by atoms with Gasteiger partial charge in [0.15, 0.2) is 0 Å². The highest BCUT2D eigenvalue weighted by Gasteiger charge is 2.12. The Morgan fingerprint density at radius 3 is 2.44 bits per heavy atom. The van der Waals surface area contributed by atoms with Crippen molar-refractivity contribution in [1.29, 1.82) is 0 Å². The van der Waals surface area contributed by atoms with Crippen LogP contribution in [0.1, 0.15) is 5.56 Å². The third kappa shape index (κ3) is 5.25. The van der Waals surface area contributed by atoms with Gasteiger partial charge >= 0.3 is 0 Å². The van der Waals surface area contributed by atoms with Crippen molar-refractivity contribution < 1.29 is 17.7 Å². The van der Waals surface area contributed by atoms with Crippen molar-refractivity contribution in [3.05, 3.63) is 35.9 Å². The Morgan fingerprint density at radius 1 is 1.31 bits per heavy atom. The van der Waals surface area contributed by atoms with Crippen molar-refractivity contribution in [3.63, 3.8) is 0 Å². The highest BCUT2D eigenvalue weighted by molar-refractivity contribution is 7.85. The summed E-state index contributed by atoms with van der Waals surface area (Å²) in [6.07, 6.45) is 1.61. The Morgan fingerprint density at radius 2 is 1.94 bits per heavy atom. The van der Waals surface area contributed by atoms with Crippen molar-refractivity contribution in [3.8, 4) is 0 Å². The molecule has 0 unspecified atom stereocenters. The van der Waals surface area contributed by atoms with Gasteiger partial charge in [0, 0.05) is 12.5 Å². The number of aliphatic hydroxyl groups is 1. The van der Waals surface area contributed by atoms with Crippen LogP contribution in [-0.2, 0) is 20.7 Å². The zero-order valence-electron chi connectivity index (χ0n) is 9.17. The maximum Gasteiger partial charge on any atom is 0.264 e. The zero-order chi connectivity index (χ0) is 12.0. The highest BCUT2D eigenvalue weighted by atomic mass is 32.2. The second kappa shape index (κ2) is 5.98. The van der Waals surface area contributed by atoms with Crippen LogP contribution in [0.4, 0.5) is 0 Å². The molecule has 1 atom stereocenters. The van der Waals surface area contributed by atoms with E-state index in [-0.39, 0.29) is 19.1 Å². The van der Waals surface area contributed by atoms with Gasteiger partial charge in [0.05, 0.1) is 12.9 Å². The lowest BCUT2D eigenvalue weighted by Gasteiger charge is -2.13. The lowest BCUT2D eigenvalue weighted by molar-refractivity contribution is 0.167. The van der Waals surface area contributed by atoms with Crippen LogP contribution in [0.2, 0.25) is 0 Å². The third-order valence-electron chi connectivity index (χ3n) is 2.14. The van der Waals surface area contributed by atoms with Gasteiger partial charge in [0.25, 0.3) is 10.1 Å². The lowest BCUT2D eigenvalue weighted by Crippen LogP contribution is -2.19. The monoisotopic (exact) mass is 244 g/mol. The third-order valence-corrected chi connectivity index (χ3v) is 2.71. The molecule has 0 aliphatic carbocycles. The first-order valence-corrected chi connectivity index (χ1v) is 6.82. The van der Waals surface area contributed by atoms with E-state index in [1.165, 1.54) is 0 Å². The standard InChI is InChI=1S/C11H16O4S/c1-16(13,14)15-9-11(8-12)7-10-5-3-2-4-6-10/h2-6,11-12H,7-9H2,1H3/t11-/m0/s1. The van der Waals surface area contributed by atoms with Gasteiger partial charge in [-0.05, 0) is 12.0 Å². The molecule has 0 aliphatic heterocycles. The topological polar surface area (TPSA) is 63.6 Å². The summed E-state index contributed by atoms with van der Waals surface area (Å²) in [5.74, 6) is -0.197. The van der Waals surface area contributed by atoms with Crippen molar-refractivity contribution in [1.82, 2.24) is 0 Å². The fraction of sp³-hybridized carbons (Fsp3) is 0.455. The summed E-state index contributed by atoms with van der Waals surface area (Å²) in [5.41, 5.74) is 1.05. The molecule has 0 amide bonds. The zero-order valence-corrected chi connectivity index (χ0v) is 9.98. The molecule has 5 heteroatoms. The number of hydrogen-bond donors (Lipinski definition) is 1. The fourth-order valence-electron chi connectivity index (χ4n) is 1.34. The molecule has 16 heavy (non-hydrogen) atoms. The molecular formula is C11H16O4S. The molecular weight excluding hydrogens is 228 g/mol. The van der Waals surface area contributed by atoms with Gasteiger partial charge in [-0.15, -0.1) is 0 Å². The molecule has 0 saturated heterocycles. The van der Waals surface area contributed by atoms with E-state index < -0.39 is 10.1 Å². The second-order valence-corrected chi connectivity index (χ2v) is 5.37. The summed E-state index contributed by atoms with van der Waals surface area (Å²) < 4.78 is 26.3. The van der Waals surface area contributed by atoms with Crippen LogP contribution in [0.15, 0.2) is 30.3 Å². The molecule has 0 aromatic heterocycles. The summed E-state index contributed by atoms with van der Waals surface area (Å²) in [6.45, 7) is -0.0748. The van der Waals surface area contributed by atoms with E-state index in [4.69, 9.17) is 5.11 Å². The Kier molecular flexibility index (Phi) is 4.92. The SMILES string of the molecule is CS(=O)(=O)OC[C@H](CO)Cc1ccccc1. The van der Waals surface area contributed by atoms with Crippen LogP contribution >= 0.6 is 0 Å². The van der Waals surface area contributed by atoms with E-state index in [1.54, 1.807) is 0 Å². The second-order valence-electron chi connectivity index (χ2n) is 3.73. The lowest BCUT2D eigenvalue weighted by atomic mass is 10.0. The summed E-state index contributed by atoms with van der Waals surface area (Å²) in [6, 6.07) is 9.58. The average molecular weight is 244 g/mol.